The van der Waals surface area contributed by atoms with Crippen LogP contribution in [0, 0.1) is 5.41 Å². The van der Waals surface area contributed by atoms with Crippen molar-refractivity contribution in [1.29, 1.82) is 5.41 Å². The van der Waals surface area contributed by atoms with Crippen LogP contribution < -0.4 is 5.49 Å². The van der Waals surface area contributed by atoms with Crippen LogP contribution in [0.2, 0.25) is 0 Å². The Kier molecular flexibility index (Phi) is 2.02. The summed E-state index contributed by atoms with van der Waals surface area (Å²) in [6, 6.07) is 9.32. The van der Waals surface area contributed by atoms with E-state index in [0.29, 0.717) is 5.69 Å². The van der Waals surface area contributed by atoms with Gasteiger partial charge in [-0.2, -0.15) is 4.73 Å². The molecular weight excluding hydrogens is 178 g/mol. The molecule has 70 valence electrons. The second-order valence-corrected chi connectivity index (χ2v) is 2.84. The lowest BCUT2D eigenvalue weighted by molar-refractivity contribution is 0.170. The highest BCUT2D eigenvalue weighted by Gasteiger charge is 2.02. The van der Waals surface area contributed by atoms with E-state index in [2.05, 4.69) is 4.98 Å². The van der Waals surface area contributed by atoms with Gasteiger partial charge >= 0.3 is 0 Å². The number of aromatic nitrogens is 2. The van der Waals surface area contributed by atoms with Crippen molar-refractivity contribution in [2.45, 2.75) is 0 Å². The summed E-state index contributed by atoms with van der Waals surface area (Å²) in [6.07, 6.45) is 2.79. The second-order valence-electron chi connectivity index (χ2n) is 2.84. The van der Waals surface area contributed by atoms with Crippen LogP contribution in [0.5, 0.6) is 0 Å². The summed E-state index contributed by atoms with van der Waals surface area (Å²) in [4.78, 5) is 4.04. The van der Waals surface area contributed by atoms with Crippen LogP contribution in [0.3, 0.4) is 0 Å². The predicted octanol–water partition coefficient (Wildman–Crippen LogP) is 1.27. The minimum atomic E-state index is -0.0151. The maximum atomic E-state index is 9.25. The summed E-state index contributed by atoms with van der Waals surface area (Å²) < 4.78 is 0.745. The van der Waals surface area contributed by atoms with Gasteiger partial charge in [-0.15, -0.1) is 0 Å². The molecule has 0 fully saturated rings. The zero-order chi connectivity index (χ0) is 9.97. The molecule has 0 atom stereocenters. The van der Waals surface area contributed by atoms with E-state index < -0.39 is 0 Å². The first kappa shape index (κ1) is 8.50. The highest BCUT2D eigenvalue weighted by molar-refractivity contribution is 5.56. The van der Waals surface area contributed by atoms with Gasteiger partial charge in [-0.05, 0) is 0 Å². The molecule has 1 aromatic heterocycles. The number of nitrogens with zero attached hydrogens (tertiary/aromatic N) is 2. The molecule has 4 heteroatoms. The largest absolute Gasteiger partial charge is 0.427 e. The fourth-order valence-electron chi connectivity index (χ4n) is 1.22. The number of nitrogens with one attached hydrogen (secondary N) is 1. The molecule has 2 rings (SSSR count). The van der Waals surface area contributed by atoms with E-state index in [0.717, 1.165) is 10.3 Å². The molecule has 14 heavy (non-hydrogen) atoms. The SMILES string of the molecule is N=c1c(-c2ccccc2)nccn1O. The topological polar surface area (TPSA) is 61.9 Å². The highest BCUT2D eigenvalue weighted by atomic mass is 16.5. The molecule has 0 radical (unpaired) electrons. The lowest BCUT2D eigenvalue weighted by Crippen LogP contribution is -2.20. The Labute approximate surface area is 80.6 Å². The molecule has 0 unspecified atom stereocenters. The van der Waals surface area contributed by atoms with Gasteiger partial charge in [-0.3, -0.25) is 10.4 Å². The van der Waals surface area contributed by atoms with Gasteiger partial charge in [0.15, 0.2) is 5.49 Å². The van der Waals surface area contributed by atoms with Crippen molar-refractivity contribution in [3.63, 3.8) is 0 Å². The van der Waals surface area contributed by atoms with E-state index in [1.165, 1.54) is 12.4 Å². The van der Waals surface area contributed by atoms with Crippen molar-refractivity contribution in [2.75, 3.05) is 0 Å². The standard InChI is InChI=1S/C10H9N3O/c11-10-9(12-6-7-13(10)14)8-4-2-1-3-5-8/h1-7,11,14H. The molecule has 2 aromatic rings. The monoisotopic (exact) mass is 187 g/mol. The first-order valence-corrected chi connectivity index (χ1v) is 4.16. The summed E-state index contributed by atoms with van der Waals surface area (Å²) >= 11 is 0. The molecule has 1 aromatic carbocycles. The van der Waals surface area contributed by atoms with Gasteiger partial charge in [0, 0.05) is 11.8 Å². The van der Waals surface area contributed by atoms with Crippen LogP contribution in [0.25, 0.3) is 11.3 Å². The van der Waals surface area contributed by atoms with E-state index in [4.69, 9.17) is 5.41 Å². The van der Waals surface area contributed by atoms with Gasteiger partial charge in [0.1, 0.15) is 5.69 Å². The molecule has 4 nitrogen and oxygen atoms in total. The predicted molar refractivity (Wildman–Crippen MR) is 50.7 cm³/mol. The Hall–Kier alpha value is -2.10. The Balaban J connectivity index is 2.64. The molecule has 0 saturated heterocycles. The van der Waals surface area contributed by atoms with Crippen molar-refractivity contribution in [1.82, 2.24) is 9.71 Å². The van der Waals surface area contributed by atoms with Crippen LogP contribution in [0.1, 0.15) is 0 Å². The second kappa shape index (κ2) is 3.33. The summed E-state index contributed by atoms with van der Waals surface area (Å²) in [5.41, 5.74) is 1.27. The van der Waals surface area contributed by atoms with E-state index in [1.807, 2.05) is 30.3 Å². The molecule has 0 aliphatic heterocycles. The fourth-order valence-corrected chi connectivity index (χ4v) is 1.22. The van der Waals surface area contributed by atoms with Crippen molar-refractivity contribution in [2.24, 2.45) is 0 Å². The summed E-state index contributed by atoms with van der Waals surface area (Å²) in [7, 11) is 0. The lowest BCUT2D eigenvalue weighted by Gasteiger charge is -2.02. The smallest absolute Gasteiger partial charge is 0.187 e. The van der Waals surface area contributed by atoms with Gasteiger partial charge in [-0.25, -0.2) is 0 Å². The third-order valence-corrected chi connectivity index (χ3v) is 1.91. The molecule has 0 spiro atoms. The number of rotatable bonds is 1. The van der Waals surface area contributed by atoms with E-state index >= 15 is 0 Å². The van der Waals surface area contributed by atoms with Crippen LogP contribution in [0.15, 0.2) is 42.7 Å². The molecule has 0 aliphatic rings. The first-order valence-electron chi connectivity index (χ1n) is 4.16. The summed E-state index contributed by atoms with van der Waals surface area (Å²) in [6.45, 7) is 0. The molecule has 0 bridgehead atoms. The Morgan fingerprint density at radius 2 is 1.93 bits per heavy atom. The van der Waals surface area contributed by atoms with Crippen molar-refractivity contribution >= 4 is 0 Å². The first-order chi connectivity index (χ1) is 6.79. The van der Waals surface area contributed by atoms with Gasteiger partial charge < -0.3 is 5.21 Å². The van der Waals surface area contributed by atoms with Gasteiger partial charge in [0.2, 0.25) is 0 Å². The average molecular weight is 187 g/mol. The zero-order valence-corrected chi connectivity index (χ0v) is 7.38. The van der Waals surface area contributed by atoms with Gasteiger partial charge in [-0.1, -0.05) is 30.3 Å². The highest BCUT2D eigenvalue weighted by Crippen LogP contribution is 2.10. The van der Waals surface area contributed by atoms with Crippen LogP contribution in [-0.2, 0) is 0 Å². The van der Waals surface area contributed by atoms with Crippen molar-refractivity contribution in [3.05, 3.63) is 48.2 Å². The molecule has 1 heterocycles. The van der Waals surface area contributed by atoms with E-state index in [9.17, 15) is 5.21 Å². The third-order valence-electron chi connectivity index (χ3n) is 1.91. The molecule has 0 amide bonds. The normalized spacial score (nSPS) is 10.0. The van der Waals surface area contributed by atoms with Crippen LogP contribution in [-0.4, -0.2) is 14.9 Å². The van der Waals surface area contributed by atoms with E-state index in [-0.39, 0.29) is 5.49 Å². The maximum Gasteiger partial charge on any atom is 0.187 e. The van der Waals surface area contributed by atoms with Crippen LogP contribution in [0.4, 0.5) is 0 Å². The fraction of sp³-hybridized carbons (Fsp3) is 0. The molecule has 0 saturated carbocycles. The third kappa shape index (κ3) is 1.37. The van der Waals surface area contributed by atoms with Crippen molar-refractivity contribution < 1.29 is 5.21 Å². The number of hydrogen-bond acceptors (Lipinski definition) is 3. The van der Waals surface area contributed by atoms with Gasteiger partial charge in [0.25, 0.3) is 0 Å². The van der Waals surface area contributed by atoms with Gasteiger partial charge in [0.05, 0.1) is 6.20 Å². The number of hydrogen-bond donors (Lipinski definition) is 2. The Morgan fingerprint density at radius 1 is 1.21 bits per heavy atom. The maximum absolute atomic E-state index is 9.25. The van der Waals surface area contributed by atoms with Crippen LogP contribution >= 0.6 is 0 Å². The van der Waals surface area contributed by atoms with Crippen molar-refractivity contribution in [3.8, 4) is 11.3 Å². The minimum absolute atomic E-state index is 0.0151. The summed E-state index contributed by atoms with van der Waals surface area (Å²) in [5.74, 6) is 0. The lowest BCUT2D eigenvalue weighted by atomic mass is 10.1. The Bertz CT molecular complexity index is 490. The molecule has 2 N–H and O–H groups in total. The molecular formula is C10H9N3O. The average Bonchev–Trinajstić information content (AvgIpc) is 2.23. The van der Waals surface area contributed by atoms with E-state index in [1.54, 1.807) is 0 Å². The number of benzene rings is 1. The minimum Gasteiger partial charge on any atom is -0.427 e. The quantitative estimate of drug-likeness (QED) is 0.660. The summed E-state index contributed by atoms with van der Waals surface area (Å²) in [5, 5.41) is 16.8. The molecule has 0 aliphatic carbocycles. The zero-order valence-electron chi connectivity index (χ0n) is 7.38. The Morgan fingerprint density at radius 3 is 2.64 bits per heavy atom.